The van der Waals surface area contributed by atoms with Crippen LogP contribution in [0.3, 0.4) is 0 Å². The van der Waals surface area contributed by atoms with Gasteiger partial charge in [0.05, 0.1) is 18.7 Å². The second kappa shape index (κ2) is 9.94. The number of rotatable bonds is 6. The van der Waals surface area contributed by atoms with Crippen LogP contribution in [0.1, 0.15) is 16.8 Å². The van der Waals surface area contributed by atoms with Crippen molar-refractivity contribution in [3.63, 3.8) is 0 Å². The van der Waals surface area contributed by atoms with E-state index in [1.165, 1.54) is 12.0 Å². The fourth-order valence-corrected chi connectivity index (χ4v) is 3.22. The van der Waals surface area contributed by atoms with Crippen molar-refractivity contribution in [2.75, 3.05) is 25.2 Å². The van der Waals surface area contributed by atoms with Gasteiger partial charge in [0.25, 0.3) is 11.8 Å². The molecule has 1 fully saturated rings. The molecule has 2 aromatic carbocycles. The topological polar surface area (TPSA) is 114 Å². The van der Waals surface area contributed by atoms with Gasteiger partial charge in [-0.2, -0.15) is 0 Å². The van der Waals surface area contributed by atoms with Crippen molar-refractivity contribution in [1.82, 2.24) is 10.9 Å². The highest BCUT2D eigenvalue weighted by atomic mass is 35.5. The Morgan fingerprint density at radius 2 is 1.87 bits per heavy atom. The number of halogens is 1. The summed E-state index contributed by atoms with van der Waals surface area (Å²) < 4.78 is 10.3. The van der Waals surface area contributed by atoms with Crippen LogP contribution < -0.4 is 20.5 Å². The lowest BCUT2D eigenvalue weighted by Crippen LogP contribution is -2.43. The largest absolute Gasteiger partial charge is 0.495 e. The van der Waals surface area contributed by atoms with Crippen LogP contribution in [0.25, 0.3) is 0 Å². The predicted molar refractivity (Wildman–Crippen MR) is 111 cm³/mol. The van der Waals surface area contributed by atoms with Gasteiger partial charge >= 0.3 is 5.97 Å². The van der Waals surface area contributed by atoms with Gasteiger partial charge in [-0.3, -0.25) is 30.0 Å². The number of ether oxygens (including phenoxy) is 2. The number of esters is 1. The van der Waals surface area contributed by atoms with E-state index in [9.17, 15) is 19.2 Å². The van der Waals surface area contributed by atoms with Crippen LogP contribution in [-0.2, 0) is 19.1 Å². The number of amides is 3. The third-order valence-corrected chi connectivity index (χ3v) is 4.82. The summed E-state index contributed by atoms with van der Waals surface area (Å²) in [7, 11) is 1.47. The van der Waals surface area contributed by atoms with Crippen molar-refractivity contribution in [1.29, 1.82) is 0 Å². The molecule has 0 aliphatic carbocycles. The smallest absolute Gasteiger partial charge is 0.311 e. The fraction of sp³-hybridized carbons (Fsp3) is 0.238. The summed E-state index contributed by atoms with van der Waals surface area (Å²) in [6.07, 6.45) is -0.0686. The first kappa shape index (κ1) is 22.1. The lowest BCUT2D eigenvalue weighted by molar-refractivity contribution is -0.152. The molecule has 31 heavy (non-hydrogen) atoms. The number of nitrogens with zero attached hydrogens (tertiary/aromatic N) is 1. The van der Waals surface area contributed by atoms with Crippen molar-refractivity contribution in [3.8, 4) is 5.75 Å². The lowest BCUT2D eigenvalue weighted by atomic mass is 10.1. The van der Waals surface area contributed by atoms with Crippen molar-refractivity contribution in [2.24, 2.45) is 5.92 Å². The van der Waals surface area contributed by atoms with Gasteiger partial charge < -0.3 is 14.4 Å². The highest BCUT2D eigenvalue weighted by Gasteiger charge is 2.37. The van der Waals surface area contributed by atoms with Crippen LogP contribution in [0, 0.1) is 5.92 Å². The van der Waals surface area contributed by atoms with E-state index in [-0.39, 0.29) is 18.9 Å². The third kappa shape index (κ3) is 5.52. The molecule has 0 spiro atoms. The van der Waals surface area contributed by atoms with Gasteiger partial charge in [-0.05, 0) is 30.3 Å². The summed E-state index contributed by atoms with van der Waals surface area (Å²) in [6.45, 7) is -0.528. The van der Waals surface area contributed by atoms with Gasteiger partial charge in [0.1, 0.15) is 5.75 Å². The Hall–Kier alpha value is -3.59. The summed E-state index contributed by atoms with van der Waals surface area (Å²) >= 11 is 6.01. The van der Waals surface area contributed by atoms with E-state index in [1.807, 2.05) is 0 Å². The third-order valence-electron chi connectivity index (χ3n) is 4.59. The number of methoxy groups -OCH3 is 1. The molecule has 1 aliphatic heterocycles. The van der Waals surface area contributed by atoms with Gasteiger partial charge in [-0.1, -0.05) is 29.8 Å². The first-order valence-electron chi connectivity index (χ1n) is 9.34. The maximum atomic E-state index is 12.4. The minimum atomic E-state index is -0.747. The number of carbonyl (C=O) groups excluding carboxylic acids is 4. The average Bonchev–Trinajstić information content (AvgIpc) is 3.17. The van der Waals surface area contributed by atoms with Crippen molar-refractivity contribution < 1.29 is 28.7 Å². The summed E-state index contributed by atoms with van der Waals surface area (Å²) in [5.41, 5.74) is 5.21. The van der Waals surface area contributed by atoms with E-state index in [0.29, 0.717) is 22.0 Å². The molecular formula is C21H20ClN3O6. The Morgan fingerprint density at radius 3 is 2.58 bits per heavy atom. The van der Waals surface area contributed by atoms with Gasteiger partial charge in [-0.25, -0.2) is 0 Å². The number of carbonyl (C=O) groups is 4. The number of anilines is 1. The predicted octanol–water partition coefficient (Wildman–Crippen LogP) is 1.71. The van der Waals surface area contributed by atoms with Gasteiger partial charge in [-0.15, -0.1) is 0 Å². The van der Waals surface area contributed by atoms with Gasteiger partial charge in [0.2, 0.25) is 5.91 Å². The van der Waals surface area contributed by atoms with Crippen LogP contribution in [0.5, 0.6) is 5.75 Å². The maximum Gasteiger partial charge on any atom is 0.311 e. The molecule has 2 aromatic rings. The number of hydrazine groups is 1. The zero-order valence-electron chi connectivity index (χ0n) is 16.6. The molecule has 3 amide bonds. The number of benzene rings is 2. The molecule has 1 aliphatic rings. The minimum Gasteiger partial charge on any atom is -0.495 e. The van der Waals surface area contributed by atoms with E-state index in [1.54, 1.807) is 48.5 Å². The molecule has 0 bridgehead atoms. The molecule has 0 radical (unpaired) electrons. The minimum absolute atomic E-state index is 0.0686. The molecule has 0 saturated carbocycles. The standard InChI is InChI=1S/C21H20ClN3O6/c1-30-17-8-7-15(22)10-16(17)25-11-14(9-19(25)27)21(29)31-12-18(26)23-24-20(28)13-5-3-2-4-6-13/h2-8,10,14H,9,11-12H2,1H3,(H,23,26)(H,24,28)/t14-/m0/s1. The summed E-state index contributed by atoms with van der Waals surface area (Å²) in [5, 5.41) is 0.420. The normalized spacial score (nSPS) is 15.4. The average molecular weight is 446 g/mol. The maximum absolute atomic E-state index is 12.4. The monoisotopic (exact) mass is 445 g/mol. The molecule has 1 heterocycles. The Bertz CT molecular complexity index is 998. The molecule has 10 heteroatoms. The first-order chi connectivity index (χ1) is 14.9. The second-order valence-corrected chi connectivity index (χ2v) is 7.13. The second-order valence-electron chi connectivity index (χ2n) is 6.70. The van der Waals surface area contributed by atoms with Crippen molar-refractivity contribution >= 4 is 41.0 Å². The summed E-state index contributed by atoms with van der Waals surface area (Å²) in [6, 6.07) is 13.1. The molecule has 1 saturated heterocycles. The Labute approximate surface area is 183 Å². The molecule has 0 aromatic heterocycles. The molecule has 3 rings (SSSR count). The molecule has 2 N–H and O–H groups in total. The van der Waals surface area contributed by atoms with Crippen LogP contribution in [-0.4, -0.2) is 44.0 Å². The number of hydrogen-bond donors (Lipinski definition) is 2. The lowest BCUT2D eigenvalue weighted by Gasteiger charge is -2.19. The van der Waals surface area contributed by atoms with E-state index < -0.39 is 30.3 Å². The van der Waals surface area contributed by atoms with E-state index >= 15 is 0 Å². The van der Waals surface area contributed by atoms with Gasteiger partial charge in [0.15, 0.2) is 6.61 Å². The first-order valence-corrected chi connectivity index (χ1v) is 9.71. The van der Waals surface area contributed by atoms with E-state index in [0.717, 1.165) is 0 Å². The zero-order chi connectivity index (χ0) is 22.4. The van der Waals surface area contributed by atoms with Crippen LogP contribution in [0.4, 0.5) is 5.69 Å². The molecular weight excluding hydrogens is 426 g/mol. The SMILES string of the molecule is COc1ccc(Cl)cc1N1C[C@@H](C(=O)OCC(=O)NNC(=O)c2ccccc2)CC1=O. The number of hydrogen-bond acceptors (Lipinski definition) is 6. The van der Waals surface area contributed by atoms with Crippen LogP contribution in [0.2, 0.25) is 5.02 Å². The van der Waals surface area contributed by atoms with Crippen LogP contribution >= 0.6 is 11.6 Å². The molecule has 0 unspecified atom stereocenters. The van der Waals surface area contributed by atoms with E-state index in [2.05, 4.69) is 10.9 Å². The Morgan fingerprint density at radius 1 is 1.13 bits per heavy atom. The quantitative estimate of drug-likeness (QED) is 0.517. The van der Waals surface area contributed by atoms with E-state index in [4.69, 9.17) is 21.1 Å². The summed E-state index contributed by atoms with van der Waals surface area (Å²) in [4.78, 5) is 49.9. The summed E-state index contributed by atoms with van der Waals surface area (Å²) in [5.74, 6) is -2.50. The van der Waals surface area contributed by atoms with Gasteiger partial charge in [0, 0.05) is 23.6 Å². The zero-order valence-corrected chi connectivity index (χ0v) is 17.3. The van der Waals surface area contributed by atoms with Crippen molar-refractivity contribution in [2.45, 2.75) is 6.42 Å². The Balaban J connectivity index is 1.50. The molecule has 1 atom stereocenters. The highest BCUT2D eigenvalue weighted by molar-refractivity contribution is 6.31. The Kier molecular flexibility index (Phi) is 7.09. The number of nitrogens with one attached hydrogen (secondary N) is 2. The van der Waals surface area contributed by atoms with Crippen molar-refractivity contribution in [3.05, 3.63) is 59.1 Å². The molecule has 9 nitrogen and oxygen atoms in total. The highest BCUT2D eigenvalue weighted by Crippen LogP contribution is 2.35. The van der Waals surface area contributed by atoms with Crippen LogP contribution in [0.15, 0.2) is 48.5 Å². The molecule has 162 valence electrons. The fourth-order valence-electron chi connectivity index (χ4n) is 3.05.